The number of rotatable bonds is 1. The zero-order chi connectivity index (χ0) is 9.59. The third kappa shape index (κ3) is 1.18. The molecule has 0 aliphatic heterocycles. The zero-order valence-electron chi connectivity index (χ0n) is 7.89. The fourth-order valence-electron chi connectivity index (χ4n) is 2.14. The Morgan fingerprint density at radius 2 is 2.31 bits per heavy atom. The average Bonchev–Trinajstić information content (AvgIpc) is 2.55. The van der Waals surface area contributed by atoms with Gasteiger partial charge in [0.15, 0.2) is 0 Å². The number of fused-ring (bicyclic) bond motifs is 1. The summed E-state index contributed by atoms with van der Waals surface area (Å²) in [5.41, 5.74) is 7.80. The number of primary amides is 1. The first-order chi connectivity index (χ1) is 6.11. The minimum absolute atomic E-state index is 0.274. The van der Waals surface area contributed by atoms with Crippen molar-refractivity contribution in [2.24, 2.45) is 5.73 Å². The molecule has 1 amide bonds. The molecule has 2 N–H and O–H groups in total. The van der Waals surface area contributed by atoms with Gasteiger partial charge in [-0.1, -0.05) is 6.92 Å². The summed E-state index contributed by atoms with van der Waals surface area (Å²) in [7, 11) is 0. The molecule has 13 heavy (non-hydrogen) atoms. The van der Waals surface area contributed by atoms with E-state index in [1.165, 1.54) is 16.9 Å². The molecule has 2 nitrogen and oxygen atoms in total. The molecule has 1 aliphatic carbocycles. The van der Waals surface area contributed by atoms with Crippen LogP contribution in [-0.4, -0.2) is 5.91 Å². The Labute approximate surface area is 81.8 Å². The van der Waals surface area contributed by atoms with Gasteiger partial charge < -0.3 is 5.73 Å². The van der Waals surface area contributed by atoms with E-state index < -0.39 is 0 Å². The highest BCUT2D eigenvalue weighted by Crippen LogP contribution is 2.41. The van der Waals surface area contributed by atoms with Gasteiger partial charge in [-0.05, 0) is 36.8 Å². The molecule has 0 saturated carbocycles. The molecule has 0 aromatic carbocycles. The van der Waals surface area contributed by atoms with Crippen LogP contribution in [0.2, 0.25) is 0 Å². The number of aryl methyl sites for hydroxylation is 1. The van der Waals surface area contributed by atoms with Gasteiger partial charge in [-0.15, -0.1) is 11.3 Å². The van der Waals surface area contributed by atoms with Gasteiger partial charge in [0.25, 0.3) is 5.91 Å². The van der Waals surface area contributed by atoms with Gasteiger partial charge in [0.2, 0.25) is 0 Å². The Morgan fingerprint density at radius 1 is 1.62 bits per heavy atom. The van der Waals surface area contributed by atoms with E-state index in [9.17, 15) is 4.79 Å². The second-order valence-corrected chi connectivity index (χ2v) is 4.80. The molecule has 0 fully saturated rings. The van der Waals surface area contributed by atoms with Crippen molar-refractivity contribution in [1.82, 2.24) is 0 Å². The van der Waals surface area contributed by atoms with Crippen LogP contribution in [0.1, 0.15) is 44.9 Å². The first-order valence-corrected chi connectivity index (χ1v) is 5.35. The van der Waals surface area contributed by atoms with Crippen LogP contribution in [0.15, 0.2) is 0 Å². The van der Waals surface area contributed by atoms with E-state index in [1.54, 1.807) is 11.3 Å². The molecule has 1 unspecified atom stereocenters. The van der Waals surface area contributed by atoms with Gasteiger partial charge in [0.05, 0.1) is 4.88 Å². The van der Waals surface area contributed by atoms with Crippen LogP contribution in [0, 0.1) is 6.92 Å². The summed E-state index contributed by atoms with van der Waals surface area (Å²) >= 11 is 1.59. The fourth-order valence-corrected chi connectivity index (χ4v) is 3.44. The maximum Gasteiger partial charge on any atom is 0.259 e. The van der Waals surface area contributed by atoms with Crippen LogP contribution < -0.4 is 5.73 Å². The molecule has 0 saturated heterocycles. The van der Waals surface area contributed by atoms with Gasteiger partial charge in [-0.3, -0.25) is 4.79 Å². The summed E-state index contributed by atoms with van der Waals surface area (Å²) in [5, 5.41) is 0. The van der Waals surface area contributed by atoms with E-state index >= 15 is 0 Å². The van der Waals surface area contributed by atoms with Crippen LogP contribution in [-0.2, 0) is 6.42 Å². The first-order valence-electron chi connectivity index (χ1n) is 4.53. The van der Waals surface area contributed by atoms with Gasteiger partial charge in [0.1, 0.15) is 0 Å². The second kappa shape index (κ2) is 2.84. The van der Waals surface area contributed by atoms with Crippen LogP contribution in [0.3, 0.4) is 0 Å². The highest BCUT2D eigenvalue weighted by Gasteiger charge is 2.26. The summed E-state index contributed by atoms with van der Waals surface area (Å²) in [6, 6.07) is 0. The molecular weight excluding hydrogens is 182 g/mol. The van der Waals surface area contributed by atoms with Gasteiger partial charge in [-0.25, -0.2) is 0 Å². The zero-order valence-corrected chi connectivity index (χ0v) is 8.70. The summed E-state index contributed by atoms with van der Waals surface area (Å²) in [4.78, 5) is 13.2. The minimum atomic E-state index is -0.274. The number of thiophene rings is 1. The van der Waals surface area contributed by atoms with Crippen LogP contribution in [0.4, 0.5) is 0 Å². The smallest absolute Gasteiger partial charge is 0.259 e. The lowest BCUT2D eigenvalue weighted by Crippen LogP contribution is -2.10. The van der Waals surface area contributed by atoms with E-state index in [2.05, 4.69) is 6.92 Å². The Bertz CT molecular complexity index is 367. The molecule has 1 aromatic heterocycles. The number of carbonyl (C=O) groups is 1. The molecular formula is C10H13NOS. The number of hydrogen-bond acceptors (Lipinski definition) is 2. The number of hydrogen-bond donors (Lipinski definition) is 1. The molecule has 0 radical (unpaired) electrons. The predicted molar refractivity (Wildman–Crippen MR) is 54.3 cm³/mol. The highest BCUT2D eigenvalue weighted by molar-refractivity contribution is 7.14. The molecule has 1 aromatic rings. The maximum atomic E-state index is 11.1. The second-order valence-electron chi connectivity index (χ2n) is 3.70. The van der Waals surface area contributed by atoms with E-state index in [-0.39, 0.29) is 5.91 Å². The first kappa shape index (κ1) is 8.75. The van der Waals surface area contributed by atoms with Gasteiger partial charge >= 0.3 is 0 Å². The molecule has 3 heteroatoms. The van der Waals surface area contributed by atoms with E-state index in [4.69, 9.17) is 5.73 Å². The molecule has 1 atom stereocenters. The van der Waals surface area contributed by atoms with Crippen molar-refractivity contribution < 1.29 is 4.79 Å². The van der Waals surface area contributed by atoms with Gasteiger partial charge in [-0.2, -0.15) is 0 Å². The van der Waals surface area contributed by atoms with Crippen LogP contribution in [0.25, 0.3) is 0 Å². The summed E-state index contributed by atoms with van der Waals surface area (Å²) in [5.74, 6) is 0.337. The van der Waals surface area contributed by atoms with Crippen molar-refractivity contribution in [2.75, 3.05) is 0 Å². The summed E-state index contributed by atoms with van der Waals surface area (Å²) in [6.07, 6.45) is 2.34. The maximum absolute atomic E-state index is 11.1. The molecule has 0 bridgehead atoms. The number of carbonyl (C=O) groups excluding carboxylic acids is 1. The SMILES string of the molecule is Cc1c(C(N)=O)sc2c1C(C)CC2. The van der Waals surface area contributed by atoms with Crippen molar-refractivity contribution in [3.8, 4) is 0 Å². The van der Waals surface area contributed by atoms with Crippen molar-refractivity contribution in [3.63, 3.8) is 0 Å². The van der Waals surface area contributed by atoms with Crippen molar-refractivity contribution in [1.29, 1.82) is 0 Å². The molecule has 2 rings (SSSR count). The lowest BCUT2D eigenvalue weighted by atomic mass is 10.0. The van der Waals surface area contributed by atoms with Crippen LogP contribution in [0.5, 0.6) is 0 Å². The van der Waals surface area contributed by atoms with Gasteiger partial charge in [0, 0.05) is 4.88 Å². The molecule has 70 valence electrons. The average molecular weight is 195 g/mol. The Kier molecular flexibility index (Phi) is 1.91. The standard InChI is InChI=1S/C10H13NOS/c1-5-3-4-7-8(5)6(2)9(13-7)10(11)12/h5H,3-4H2,1-2H3,(H2,11,12). The van der Waals surface area contributed by atoms with Crippen molar-refractivity contribution >= 4 is 17.2 Å². The summed E-state index contributed by atoms with van der Waals surface area (Å²) < 4.78 is 0. The third-order valence-corrected chi connectivity index (χ3v) is 4.17. The minimum Gasteiger partial charge on any atom is -0.365 e. The predicted octanol–water partition coefficient (Wildman–Crippen LogP) is 2.21. The number of nitrogens with two attached hydrogens (primary N) is 1. The molecule has 0 spiro atoms. The van der Waals surface area contributed by atoms with E-state index in [1.807, 2.05) is 6.92 Å². The third-order valence-electron chi connectivity index (χ3n) is 2.79. The topological polar surface area (TPSA) is 43.1 Å². The Morgan fingerprint density at radius 3 is 2.85 bits per heavy atom. The molecule has 1 aliphatic rings. The van der Waals surface area contributed by atoms with E-state index in [0.29, 0.717) is 5.92 Å². The normalized spacial score (nSPS) is 20.3. The Hall–Kier alpha value is -0.830. The highest BCUT2D eigenvalue weighted by atomic mass is 32.1. The van der Waals surface area contributed by atoms with Crippen molar-refractivity contribution in [3.05, 3.63) is 20.9 Å². The lowest BCUT2D eigenvalue weighted by Gasteiger charge is -2.03. The Balaban J connectivity index is 2.56. The fraction of sp³-hybridized carbons (Fsp3) is 0.500. The number of amides is 1. The van der Waals surface area contributed by atoms with Crippen LogP contribution >= 0.6 is 11.3 Å². The lowest BCUT2D eigenvalue weighted by molar-refractivity contribution is 0.100. The largest absolute Gasteiger partial charge is 0.365 e. The monoisotopic (exact) mass is 195 g/mol. The molecule has 1 heterocycles. The quantitative estimate of drug-likeness (QED) is 0.733. The summed E-state index contributed by atoms with van der Waals surface area (Å²) in [6.45, 7) is 4.23. The van der Waals surface area contributed by atoms with E-state index in [0.717, 1.165) is 16.9 Å². The van der Waals surface area contributed by atoms with Crippen molar-refractivity contribution in [2.45, 2.75) is 32.6 Å².